The van der Waals surface area contributed by atoms with Crippen molar-refractivity contribution in [3.63, 3.8) is 0 Å². The maximum absolute atomic E-state index is 9.60. The number of hydrogen-bond donors (Lipinski definition) is 1. The molecule has 1 aromatic carbocycles. The third kappa shape index (κ3) is 2.50. The normalized spacial score (nSPS) is 14.6. The van der Waals surface area contributed by atoms with Crippen molar-refractivity contribution in [2.45, 2.75) is 39.5 Å². The Labute approximate surface area is 94.3 Å². The minimum absolute atomic E-state index is 0.440. The van der Waals surface area contributed by atoms with Crippen LogP contribution in [-0.4, -0.2) is 5.11 Å². The number of halogens is 1. The average Bonchev–Trinajstić information content (AvgIpc) is 2.98. The largest absolute Gasteiger partial charge is 0.508 e. The highest BCUT2D eigenvalue weighted by molar-refractivity contribution is 9.10. The Morgan fingerprint density at radius 3 is 2.36 bits per heavy atom. The molecule has 0 aromatic heterocycles. The van der Waals surface area contributed by atoms with Gasteiger partial charge in [0.15, 0.2) is 0 Å². The summed E-state index contributed by atoms with van der Waals surface area (Å²) in [6, 6.07) is 3.88. The maximum atomic E-state index is 9.60. The molecule has 0 heterocycles. The van der Waals surface area contributed by atoms with Crippen molar-refractivity contribution in [3.05, 3.63) is 27.7 Å². The molecule has 14 heavy (non-hydrogen) atoms. The standard InChI is InChI=1S/C10H11BrO.C2H6/c1-6-4-8(7-2-3-7)10(12)5-9(6)11;1-2/h4-5,7,12H,2-3H2,1H3;1-2H3. The molecule has 1 aromatic rings. The van der Waals surface area contributed by atoms with Gasteiger partial charge in [0.25, 0.3) is 0 Å². The third-order valence-corrected chi connectivity index (χ3v) is 3.18. The minimum atomic E-state index is 0.440. The summed E-state index contributed by atoms with van der Waals surface area (Å²) in [6.45, 7) is 6.05. The van der Waals surface area contributed by atoms with E-state index in [-0.39, 0.29) is 0 Å². The van der Waals surface area contributed by atoms with Gasteiger partial charge in [-0.05, 0) is 42.9 Å². The van der Waals surface area contributed by atoms with Gasteiger partial charge in [-0.1, -0.05) is 35.8 Å². The van der Waals surface area contributed by atoms with Gasteiger partial charge in [0.05, 0.1) is 0 Å². The summed E-state index contributed by atoms with van der Waals surface area (Å²) in [5.74, 6) is 1.06. The molecule has 1 aliphatic carbocycles. The van der Waals surface area contributed by atoms with Crippen molar-refractivity contribution in [2.24, 2.45) is 0 Å². The number of aryl methyl sites for hydroxylation is 1. The topological polar surface area (TPSA) is 20.2 Å². The summed E-state index contributed by atoms with van der Waals surface area (Å²) in [5, 5.41) is 9.60. The molecule has 2 heteroatoms. The predicted molar refractivity (Wildman–Crippen MR) is 63.9 cm³/mol. The SMILES string of the molecule is CC.Cc1cc(C2CC2)c(O)cc1Br. The van der Waals surface area contributed by atoms with Crippen LogP contribution in [0, 0.1) is 6.92 Å². The van der Waals surface area contributed by atoms with E-state index in [1.54, 1.807) is 6.07 Å². The van der Waals surface area contributed by atoms with E-state index in [9.17, 15) is 5.11 Å². The summed E-state index contributed by atoms with van der Waals surface area (Å²) in [7, 11) is 0. The number of phenolic OH excluding ortho intramolecular Hbond substituents is 1. The van der Waals surface area contributed by atoms with Crippen LogP contribution in [0.5, 0.6) is 5.75 Å². The second kappa shape index (κ2) is 4.83. The second-order valence-corrected chi connectivity index (χ2v) is 4.29. The van der Waals surface area contributed by atoms with E-state index in [4.69, 9.17) is 0 Å². The number of aromatic hydroxyl groups is 1. The van der Waals surface area contributed by atoms with E-state index in [0.717, 1.165) is 10.0 Å². The van der Waals surface area contributed by atoms with Gasteiger partial charge in [0, 0.05) is 4.47 Å². The Morgan fingerprint density at radius 1 is 1.29 bits per heavy atom. The Morgan fingerprint density at radius 2 is 1.86 bits per heavy atom. The van der Waals surface area contributed by atoms with E-state index >= 15 is 0 Å². The van der Waals surface area contributed by atoms with Crippen LogP contribution >= 0.6 is 15.9 Å². The zero-order chi connectivity index (χ0) is 10.7. The Hall–Kier alpha value is -0.500. The van der Waals surface area contributed by atoms with Gasteiger partial charge in [-0.15, -0.1) is 0 Å². The van der Waals surface area contributed by atoms with Crippen molar-refractivity contribution in [1.82, 2.24) is 0 Å². The maximum Gasteiger partial charge on any atom is 0.120 e. The lowest BCUT2D eigenvalue weighted by molar-refractivity contribution is 0.467. The number of phenols is 1. The highest BCUT2D eigenvalue weighted by atomic mass is 79.9. The van der Waals surface area contributed by atoms with Crippen LogP contribution in [0.4, 0.5) is 0 Å². The van der Waals surface area contributed by atoms with Crippen LogP contribution in [0.3, 0.4) is 0 Å². The van der Waals surface area contributed by atoms with Crippen LogP contribution in [0.1, 0.15) is 43.7 Å². The minimum Gasteiger partial charge on any atom is -0.508 e. The van der Waals surface area contributed by atoms with Crippen molar-refractivity contribution in [2.75, 3.05) is 0 Å². The fourth-order valence-corrected chi connectivity index (χ4v) is 1.75. The Kier molecular flexibility index (Phi) is 3.99. The Bertz CT molecular complexity index is 316. The van der Waals surface area contributed by atoms with Crippen LogP contribution in [-0.2, 0) is 0 Å². The molecular formula is C12H17BrO. The summed E-state index contributed by atoms with van der Waals surface area (Å²) >= 11 is 3.39. The zero-order valence-corrected chi connectivity index (χ0v) is 10.6. The second-order valence-electron chi connectivity index (χ2n) is 3.43. The molecule has 0 spiro atoms. The molecule has 78 valence electrons. The molecule has 1 saturated carbocycles. The summed E-state index contributed by atoms with van der Waals surface area (Å²) in [6.07, 6.45) is 2.46. The van der Waals surface area contributed by atoms with E-state index in [2.05, 4.69) is 28.9 Å². The first-order valence-electron chi connectivity index (χ1n) is 5.17. The van der Waals surface area contributed by atoms with Gasteiger partial charge in [0.2, 0.25) is 0 Å². The van der Waals surface area contributed by atoms with Gasteiger partial charge in [0.1, 0.15) is 5.75 Å². The highest BCUT2D eigenvalue weighted by Gasteiger charge is 2.26. The molecule has 0 amide bonds. The summed E-state index contributed by atoms with van der Waals surface area (Å²) < 4.78 is 0.990. The summed E-state index contributed by atoms with van der Waals surface area (Å²) in [4.78, 5) is 0. The molecule has 0 atom stereocenters. The van der Waals surface area contributed by atoms with E-state index in [1.165, 1.54) is 18.4 Å². The molecule has 1 fully saturated rings. The molecule has 1 N–H and O–H groups in total. The predicted octanol–water partition coefficient (Wildman–Crippen LogP) is 4.37. The molecule has 0 radical (unpaired) electrons. The van der Waals surface area contributed by atoms with Crippen LogP contribution in [0.15, 0.2) is 16.6 Å². The lowest BCUT2D eigenvalue weighted by atomic mass is 10.1. The monoisotopic (exact) mass is 256 g/mol. The molecule has 0 bridgehead atoms. The van der Waals surface area contributed by atoms with Crippen LogP contribution in [0.2, 0.25) is 0 Å². The molecule has 0 unspecified atom stereocenters. The highest BCUT2D eigenvalue weighted by Crippen LogP contribution is 2.45. The molecule has 2 rings (SSSR count). The van der Waals surface area contributed by atoms with Gasteiger partial charge >= 0.3 is 0 Å². The smallest absolute Gasteiger partial charge is 0.120 e. The Balaban J connectivity index is 0.000000461. The van der Waals surface area contributed by atoms with Gasteiger partial charge in [-0.2, -0.15) is 0 Å². The molecular weight excluding hydrogens is 240 g/mol. The first kappa shape index (κ1) is 11.6. The van der Waals surface area contributed by atoms with Gasteiger partial charge in [-0.25, -0.2) is 0 Å². The van der Waals surface area contributed by atoms with Crippen molar-refractivity contribution in [1.29, 1.82) is 0 Å². The fourth-order valence-electron chi connectivity index (χ4n) is 1.41. The van der Waals surface area contributed by atoms with Crippen molar-refractivity contribution >= 4 is 15.9 Å². The van der Waals surface area contributed by atoms with Gasteiger partial charge < -0.3 is 5.11 Å². The fraction of sp³-hybridized carbons (Fsp3) is 0.500. The molecule has 1 nitrogen and oxygen atoms in total. The van der Waals surface area contributed by atoms with Gasteiger partial charge in [-0.3, -0.25) is 0 Å². The van der Waals surface area contributed by atoms with E-state index in [0.29, 0.717) is 11.7 Å². The zero-order valence-electron chi connectivity index (χ0n) is 8.97. The molecule has 0 aliphatic heterocycles. The summed E-state index contributed by atoms with van der Waals surface area (Å²) in [5.41, 5.74) is 2.32. The third-order valence-electron chi connectivity index (χ3n) is 2.33. The van der Waals surface area contributed by atoms with E-state index < -0.39 is 0 Å². The van der Waals surface area contributed by atoms with Crippen LogP contribution < -0.4 is 0 Å². The first-order chi connectivity index (χ1) is 6.68. The molecule has 0 saturated heterocycles. The lowest BCUT2D eigenvalue weighted by Crippen LogP contribution is -1.84. The molecule has 1 aliphatic rings. The first-order valence-corrected chi connectivity index (χ1v) is 5.97. The van der Waals surface area contributed by atoms with Crippen LogP contribution in [0.25, 0.3) is 0 Å². The number of hydrogen-bond acceptors (Lipinski definition) is 1. The number of benzene rings is 1. The average molecular weight is 257 g/mol. The van der Waals surface area contributed by atoms with E-state index in [1.807, 2.05) is 13.8 Å². The van der Waals surface area contributed by atoms with Crippen molar-refractivity contribution < 1.29 is 5.11 Å². The number of rotatable bonds is 1. The van der Waals surface area contributed by atoms with Crippen molar-refractivity contribution in [3.8, 4) is 5.75 Å². The quantitative estimate of drug-likeness (QED) is 0.792. The lowest BCUT2D eigenvalue weighted by Gasteiger charge is -2.05.